The average molecular weight is 445 g/mol. The van der Waals surface area contributed by atoms with E-state index >= 15 is 0 Å². The van der Waals surface area contributed by atoms with E-state index in [0.717, 1.165) is 11.1 Å². The van der Waals surface area contributed by atoms with Crippen LogP contribution in [0.4, 0.5) is 0 Å². The minimum Gasteiger partial charge on any atom is -0.289 e. The van der Waals surface area contributed by atoms with E-state index < -0.39 is 19.2 Å². The molecule has 0 amide bonds. The summed E-state index contributed by atoms with van der Waals surface area (Å²) >= 11 is 33.5. The van der Waals surface area contributed by atoms with Gasteiger partial charge in [-0.25, -0.2) is 0 Å². The zero-order chi connectivity index (χ0) is 18.1. The highest BCUT2D eigenvalue weighted by atomic mass is 35.6. The number of Topliss-reactive ketones (excluding diaryl/α,β-unsaturated/α-hetero) is 2. The van der Waals surface area contributed by atoms with Gasteiger partial charge in [-0.1, -0.05) is 118 Å². The van der Waals surface area contributed by atoms with Gasteiger partial charge in [0.2, 0.25) is 11.6 Å². The molecule has 0 aliphatic rings. The molecule has 126 valence electrons. The van der Waals surface area contributed by atoms with Crippen LogP contribution in [0.5, 0.6) is 0 Å². The Balaban J connectivity index is 2.24. The first kappa shape index (κ1) is 19.8. The molecule has 0 aliphatic carbocycles. The quantitative estimate of drug-likeness (QED) is 0.402. The molecule has 0 unspecified atom stereocenters. The normalized spacial score (nSPS) is 12.1. The molecule has 0 saturated carbocycles. The first-order valence-corrected chi connectivity index (χ1v) is 8.70. The molecule has 0 radical (unpaired) electrons. The van der Waals surface area contributed by atoms with E-state index in [0.29, 0.717) is 0 Å². The van der Waals surface area contributed by atoms with Crippen LogP contribution in [-0.2, 0) is 0 Å². The van der Waals surface area contributed by atoms with Crippen LogP contribution in [0.3, 0.4) is 0 Å². The minimum absolute atomic E-state index is 0.279. The summed E-state index contributed by atoms with van der Waals surface area (Å²) in [6.45, 7) is 0. The molecule has 2 aromatic rings. The fourth-order valence-electron chi connectivity index (χ4n) is 1.96. The SMILES string of the molecule is O=C(c1ccc(-c2ccc(C(=O)C(Cl)(Cl)Cl)cc2)cc1)C(Cl)(Cl)Cl. The number of ketones is 2. The zero-order valence-electron chi connectivity index (χ0n) is 11.7. The maximum atomic E-state index is 11.9. The average Bonchev–Trinajstić information content (AvgIpc) is 2.52. The monoisotopic (exact) mass is 442 g/mol. The van der Waals surface area contributed by atoms with Gasteiger partial charge in [0.15, 0.2) is 0 Å². The molecular weight excluding hydrogens is 437 g/mol. The summed E-state index contributed by atoms with van der Waals surface area (Å²) in [6, 6.07) is 13.0. The molecule has 0 saturated heterocycles. The summed E-state index contributed by atoms with van der Waals surface area (Å²) in [5.74, 6) is -1.22. The summed E-state index contributed by atoms with van der Waals surface area (Å²) in [4.78, 5) is 23.7. The van der Waals surface area contributed by atoms with Gasteiger partial charge in [0.05, 0.1) is 0 Å². The number of halogens is 6. The number of rotatable bonds is 3. The Morgan fingerprint density at radius 1 is 0.542 bits per heavy atom. The lowest BCUT2D eigenvalue weighted by molar-refractivity contribution is 0.0988. The molecule has 0 heterocycles. The number of alkyl halides is 6. The number of hydrogen-bond acceptors (Lipinski definition) is 2. The smallest absolute Gasteiger partial charge is 0.253 e. The minimum atomic E-state index is -2.00. The third-order valence-corrected chi connectivity index (χ3v) is 4.17. The number of carbonyl (C=O) groups excluding carboxylic acids is 2. The van der Waals surface area contributed by atoms with E-state index in [1.807, 2.05) is 0 Å². The lowest BCUT2D eigenvalue weighted by atomic mass is 10.0. The summed E-state index contributed by atoms with van der Waals surface area (Å²) in [7, 11) is 0. The molecule has 2 nitrogen and oxygen atoms in total. The third-order valence-electron chi connectivity index (χ3n) is 3.14. The van der Waals surface area contributed by atoms with Crippen molar-refractivity contribution in [2.75, 3.05) is 0 Å². The predicted molar refractivity (Wildman–Crippen MR) is 101 cm³/mol. The highest BCUT2D eigenvalue weighted by Gasteiger charge is 2.32. The van der Waals surface area contributed by atoms with E-state index in [1.165, 1.54) is 0 Å². The molecule has 0 aliphatic heterocycles. The Labute approximate surface area is 168 Å². The van der Waals surface area contributed by atoms with Crippen LogP contribution >= 0.6 is 69.6 Å². The highest BCUT2D eigenvalue weighted by Crippen LogP contribution is 2.32. The maximum Gasteiger partial charge on any atom is 0.253 e. The third kappa shape index (κ3) is 4.78. The van der Waals surface area contributed by atoms with Crippen LogP contribution in [0.25, 0.3) is 11.1 Å². The van der Waals surface area contributed by atoms with Gasteiger partial charge in [-0.15, -0.1) is 0 Å². The van der Waals surface area contributed by atoms with Crippen LogP contribution in [0.15, 0.2) is 48.5 Å². The van der Waals surface area contributed by atoms with Crippen LogP contribution in [0, 0.1) is 0 Å². The van der Waals surface area contributed by atoms with Crippen LogP contribution in [0.1, 0.15) is 20.7 Å². The van der Waals surface area contributed by atoms with Gasteiger partial charge in [0.1, 0.15) is 0 Å². The molecular formula is C16H8Cl6O2. The molecule has 0 atom stereocenters. The van der Waals surface area contributed by atoms with Crippen molar-refractivity contribution in [3.8, 4) is 11.1 Å². The Kier molecular flexibility index (Phi) is 6.12. The fraction of sp³-hybridized carbons (Fsp3) is 0.125. The standard InChI is InChI=1S/C16H8Cl6O2/c17-15(18,19)13(23)11-5-1-9(2-6-11)10-3-7-12(8-4-10)14(24)16(20,21)22/h1-8H. The van der Waals surface area contributed by atoms with Crippen molar-refractivity contribution in [1.29, 1.82) is 0 Å². The highest BCUT2D eigenvalue weighted by molar-refractivity contribution is 6.78. The Morgan fingerprint density at radius 2 is 0.792 bits per heavy atom. The van der Waals surface area contributed by atoms with Gasteiger partial charge in [0, 0.05) is 11.1 Å². The van der Waals surface area contributed by atoms with E-state index in [-0.39, 0.29) is 11.1 Å². The van der Waals surface area contributed by atoms with Gasteiger partial charge in [0.25, 0.3) is 7.59 Å². The van der Waals surface area contributed by atoms with E-state index in [9.17, 15) is 9.59 Å². The second-order valence-corrected chi connectivity index (χ2v) is 9.37. The molecule has 0 aromatic heterocycles. The molecule has 24 heavy (non-hydrogen) atoms. The number of carbonyl (C=O) groups is 2. The summed E-state index contributed by atoms with van der Waals surface area (Å²) < 4.78 is -4.00. The van der Waals surface area contributed by atoms with E-state index in [2.05, 4.69) is 0 Å². The number of hydrogen-bond donors (Lipinski definition) is 0. The Hall–Kier alpha value is -0.480. The zero-order valence-corrected chi connectivity index (χ0v) is 16.2. The first-order valence-electron chi connectivity index (χ1n) is 6.43. The molecule has 2 aromatic carbocycles. The Bertz CT molecular complexity index is 688. The lowest BCUT2D eigenvalue weighted by Gasteiger charge is -2.11. The van der Waals surface area contributed by atoms with Crippen molar-refractivity contribution in [3.05, 3.63) is 59.7 Å². The van der Waals surface area contributed by atoms with Gasteiger partial charge >= 0.3 is 0 Å². The molecule has 8 heteroatoms. The van der Waals surface area contributed by atoms with Crippen LogP contribution in [-0.4, -0.2) is 19.2 Å². The lowest BCUT2D eigenvalue weighted by Crippen LogP contribution is -2.18. The fourth-order valence-corrected chi connectivity index (χ4v) is 2.61. The van der Waals surface area contributed by atoms with Crippen molar-refractivity contribution in [1.82, 2.24) is 0 Å². The van der Waals surface area contributed by atoms with Crippen molar-refractivity contribution in [3.63, 3.8) is 0 Å². The van der Waals surface area contributed by atoms with Gasteiger partial charge in [-0.2, -0.15) is 0 Å². The summed E-state index contributed by atoms with van der Waals surface area (Å²) in [6.07, 6.45) is 0. The largest absolute Gasteiger partial charge is 0.289 e. The van der Waals surface area contributed by atoms with Crippen molar-refractivity contribution in [2.24, 2.45) is 0 Å². The second kappa shape index (κ2) is 7.41. The topological polar surface area (TPSA) is 34.1 Å². The molecule has 2 rings (SSSR count). The number of benzene rings is 2. The molecule has 0 spiro atoms. The van der Waals surface area contributed by atoms with Gasteiger partial charge in [-0.05, 0) is 11.1 Å². The van der Waals surface area contributed by atoms with Crippen molar-refractivity contribution < 1.29 is 9.59 Å². The van der Waals surface area contributed by atoms with E-state index in [1.54, 1.807) is 48.5 Å². The molecule has 0 N–H and O–H groups in total. The summed E-state index contributed by atoms with van der Waals surface area (Å²) in [5, 5.41) is 0. The molecule has 0 bridgehead atoms. The van der Waals surface area contributed by atoms with Gasteiger partial charge in [-0.3, -0.25) is 9.59 Å². The second-order valence-electron chi connectivity index (χ2n) is 4.81. The van der Waals surface area contributed by atoms with E-state index in [4.69, 9.17) is 69.6 Å². The predicted octanol–water partition coefficient (Wildman–Crippen LogP) is 6.46. The van der Waals surface area contributed by atoms with Crippen molar-refractivity contribution in [2.45, 2.75) is 7.59 Å². The first-order chi connectivity index (χ1) is 11.0. The van der Waals surface area contributed by atoms with Crippen LogP contribution in [0.2, 0.25) is 0 Å². The van der Waals surface area contributed by atoms with Crippen molar-refractivity contribution >= 4 is 81.2 Å². The Morgan fingerprint density at radius 3 is 1.00 bits per heavy atom. The van der Waals surface area contributed by atoms with Crippen LogP contribution < -0.4 is 0 Å². The maximum absolute atomic E-state index is 11.9. The van der Waals surface area contributed by atoms with Gasteiger partial charge < -0.3 is 0 Å². The summed E-state index contributed by atoms with van der Waals surface area (Å²) in [5.41, 5.74) is 2.18. The molecule has 0 fully saturated rings.